The smallest absolute Gasteiger partial charge is 0.269 e. The molecule has 1 amide bonds. The van der Waals surface area contributed by atoms with Crippen LogP contribution in [-0.2, 0) is 0 Å². The van der Waals surface area contributed by atoms with E-state index >= 15 is 0 Å². The normalized spacial score (nSPS) is 15.1. The Hall–Kier alpha value is -5.11. The number of carbonyl (C=O) groups excluding carboxylic acids is 1. The molecule has 4 aromatic rings. The first-order valence-corrected chi connectivity index (χ1v) is 11.7. The zero-order chi connectivity index (χ0) is 25.8. The van der Waals surface area contributed by atoms with Gasteiger partial charge < -0.3 is 5.32 Å². The molecule has 0 spiro atoms. The van der Waals surface area contributed by atoms with E-state index in [-0.39, 0.29) is 11.6 Å². The molecule has 0 aromatic heterocycles. The fourth-order valence-electron chi connectivity index (χ4n) is 4.16. The van der Waals surface area contributed by atoms with Crippen LogP contribution in [0.25, 0.3) is 6.08 Å². The Morgan fingerprint density at radius 1 is 0.892 bits per heavy atom. The molecule has 1 N–H and O–H groups in total. The van der Waals surface area contributed by atoms with Crippen LogP contribution in [0.3, 0.4) is 0 Å². The maximum Gasteiger partial charge on any atom is 0.269 e. The Labute approximate surface area is 213 Å². The summed E-state index contributed by atoms with van der Waals surface area (Å²) < 4.78 is 0. The molecule has 0 saturated carbocycles. The van der Waals surface area contributed by atoms with Crippen LogP contribution in [0.15, 0.2) is 113 Å². The lowest BCUT2D eigenvalue weighted by Gasteiger charge is -2.37. The zero-order valence-corrected chi connectivity index (χ0v) is 20.0. The maximum absolute atomic E-state index is 13.6. The van der Waals surface area contributed by atoms with Gasteiger partial charge in [-0.15, -0.1) is 0 Å². The number of anilines is 2. The van der Waals surface area contributed by atoms with Gasteiger partial charge in [0.15, 0.2) is 0 Å². The van der Waals surface area contributed by atoms with Crippen LogP contribution in [-0.4, -0.2) is 17.0 Å². The summed E-state index contributed by atoms with van der Waals surface area (Å²) in [7, 11) is 0. The van der Waals surface area contributed by atoms with Gasteiger partial charge in [-0.05, 0) is 66.6 Å². The first-order valence-electron chi connectivity index (χ1n) is 11.7. The molecule has 0 bridgehead atoms. The third-order valence-electron chi connectivity index (χ3n) is 6.01. The van der Waals surface area contributed by atoms with Crippen LogP contribution < -0.4 is 10.2 Å². The SMILES string of the molecule is Cc1cc(N=Nc2ccc([N+](=O)[O-])cc2)ccc1N1C(=O)c2ccccc2NC1/C=C/c1ccccc1. The average Bonchev–Trinajstić information content (AvgIpc) is 2.92. The summed E-state index contributed by atoms with van der Waals surface area (Å²) in [5.41, 5.74) is 5.15. The molecule has 1 aliphatic rings. The van der Waals surface area contributed by atoms with Crippen molar-refractivity contribution in [2.45, 2.75) is 13.1 Å². The van der Waals surface area contributed by atoms with Crippen molar-refractivity contribution >= 4 is 40.4 Å². The summed E-state index contributed by atoms with van der Waals surface area (Å²) >= 11 is 0. The molecule has 1 atom stereocenters. The predicted molar refractivity (Wildman–Crippen MR) is 145 cm³/mol. The van der Waals surface area contributed by atoms with Gasteiger partial charge in [0, 0.05) is 23.5 Å². The molecule has 8 heteroatoms. The Morgan fingerprint density at radius 2 is 1.57 bits per heavy atom. The molecule has 1 heterocycles. The second kappa shape index (κ2) is 10.2. The largest absolute Gasteiger partial charge is 0.361 e. The van der Waals surface area contributed by atoms with Crippen LogP contribution >= 0.6 is 0 Å². The first kappa shape index (κ1) is 23.6. The van der Waals surface area contributed by atoms with E-state index in [0.29, 0.717) is 16.9 Å². The number of nitrogens with zero attached hydrogens (tertiary/aromatic N) is 4. The van der Waals surface area contributed by atoms with Gasteiger partial charge in [-0.2, -0.15) is 10.2 Å². The fraction of sp³-hybridized carbons (Fsp3) is 0.0690. The monoisotopic (exact) mass is 489 g/mol. The summed E-state index contributed by atoms with van der Waals surface area (Å²) in [6.45, 7) is 1.92. The number of carbonyl (C=O) groups is 1. The summed E-state index contributed by atoms with van der Waals surface area (Å²) in [6.07, 6.45) is 3.58. The molecule has 182 valence electrons. The van der Waals surface area contributed by atoms with Crippen LogP contribution in [0.5, 0.6) is 0 Å². The molecule has 0 aliphatic carbocycles. The number of azo groups is 1. The number of amides is 1. The van der Waals surface area contributed by atoms with Crippen molar-refractivity contribution in [3.63, 3.8) is 0 Å². The third kappa shape index (κ3) is 5.13. The van der Waals surface area contributed by atoms with E-state index in [2.05, 4.69) is 15.5 Å². The van der Waals surface area contributed by atoms with E-state index in [1.54, 1.807) is 23.1 Å². The summed E-state index contributed by atoms with van der Waals surface area (Å²) in [5.74, 6) is -0.0968. The van der Waals surface area contributed by atoms with Crippen molar-refractivity contribution in [3.05, 3.63) is 130 Å². The third-order valence-corrected chi connectivity index (χ3v) is 6.01. The lowest BCUT2D eigenvalue weighted by atomic mass is 10.0. The molecule has 5 rings (SSSR count). The number of nitro benzene ring substituents is 1. The second-order valence-corrected chi connectivity index (χ2v) is 8.52. The number of para-hydroxylation sites is 1. The van der Waals surface area contributed by atoms with E-state index in [4.69, 9.17) is 0 Å². The molecular weight excluding hydrogens is 466 g/mol. The maximum atomic E-state index is 13.6. The van der Waals surface area contributed by atoms with Gasteiger partial charge >= 0.3 is 0 Å². The molecule has 1 unspecified atom stereocenters. The number of fused-ring (bicyclic) bond motifs is 1. The lowest BCUT2D eigenvalue weighted by Crippen LogP contribution is -2.48. The van der Waals surface area contributed by atoms with Crippen LogP contribution in [0, 0.1) is 17.0 Å². The average molecular weight is 490 g/mol. The predicted octanol–water partition coefficient (Wildman–Crippen LogP) is 7.43. The summed E-state index contributed by atoms with van der Waals surface area (Å²) in [6, 6.07) is 28.8. The molecule has 37 heavy (non-hydrogen) atoms. The van der Waals surface area contributed by atoms with Crippen molar-refractivity contribution in [1.29, 1.82) is 0 Å². The standard InChI is InChI=1S/C29H23N5O3/c1-20-19-23(32-31-22-12-15-24(16-13-22)34(36)37)14-17-27(20)33-28(18-11-21-7-3-2-4-8-21)30-26-10-6-5-9-25(26)29(33)35/h2-19,28,30H,1H3/b18-11+,32-31?. The number of nitrogens with one attached hydrogen (secondary N) is 1. The van der Waals surface area contributed by atoms with Gasteiger partial charge in [-0.1, -0.05) is 48.5 Å². The number of benzene rings is 4. The molecular formula is C29H23N5O3. The molecule has 0 radical (unpaired) electrons. The van der Waals surface area contributed by atoms with Gasteiger partial charge in [-0.3, -0.25) is 19.8 Å². The van der Waals surface area contributed by atoms with Crippen LogP contribution in [0.1, 0.15) is 21.5 Å². The quantitative estimate of drug-likeness (QED) is 0.173. The minimum atomic E-state index is -0.458. The van der Waals surface area contributed by atoms with Crippen molar-refractivity contribution in [1.82, 2.24) is 0 Å². The van der Waals surface area contributed by atoms with Crippen molar-refractivity contribution in [2.24, 2.45) is 10.2 Å². The van der Waals surface area contributed by atoms with Gasteiger partial charge in [0.25, 0.3) is 11.6 Å². The lowest BCUT2D eigenvalue weighted by molar-refractivity contribution is -0.384. The van der Waals surface area contributed by atoms with Gasteiger partial charge in [0.1, 0.15) is 6.17 Å². The second-order valence-electron chi connectivity index (χ2n) is 8.52. The van der Waals surface area contributed by atoms with Gasteiger partial charge in [-0.25, -0.2) is 0 Å². The van der Waals surface area contributed by atoms with Gasteiger partial charge in [0.2, 0.25) is 0 Å². The molecule has 4 aromatic carbocycles. The zero-order valence-electron chi connectivity index (χ0n) is 20.0. The number of non-ortho nitro benzene ring substituents is 1. The van der Waals surface area contributed by atoms with E-state index in [1.165, 1.54) is 12.1 Å². The Balaban J connectivity index is 1.45. The van der Waals surface area contributed by atoms with Crippen LogP contribution in [0.2, 0.25) is 0 Å². The Bertz CT molecular complexity index is 1510. The van der Waals surface area contributed by atoms with Crippen molar-refractivity contribution in [2.75, 3.05) is 10.2 Å². The number of aryl methyl sites for hydroxylation is 1. The Morgan fingerprint density at radius 3 is 2.30 bits per heavy atom. The fourth-order valence-corrected chi connectivity index (χ4v) is 4.16. The first-order chi connectivity index (χ1) is 18.0. The number of hydrogen-bond acceptors (Lipinski definition) is 6. The summed E-state index contributed by atoms with van der Waals surface area (Å²) in [5, 5.41) is 22.8. The topological polar surface area (TPSA) is 100 Å². The minimum Gasteiger partial charge on any atom is -0.361 e. The van der Waals surface area contributed by atoms with E-state index < -0.39 is 11.1 Å². The molecule has 0 saturated heterocycles. The number of hydrogen-bond donors (Lipinski definition) is 1. The van der Waals surface area contributed by atoms with E-state index in [9.17, 15) is 14.9 Å². The van der Waals surface area contributed by atoms with E-state index in [1.807, 2.05) is 85.8 Å². The molecule has 1 aliphatic heterocycles. The molecule has 8 nitrogen and oxygen atoms in total. The highest BCUT2D eigenvalue weighted by atomic mass is 16.6. The van der Waals surface area contributed by atoms with Crippen LogP contribution in [0.4, 0.5) is 28.4 Å². The number of rotatable bonds is 6. The highest BCUT2D eigenvalue weighted by Crippen LogP contribution is 2.34. The van der Waals surface area contributed by atoms with Gasteiger partial charge in [0.05, 0.1) is 21.9 Å². The van der Waals surface area contributed by atoms with E-state index in [0.717, 1.165) is 22.5 Å². The summed E-state index contributed by atoms with van der Waals surface area (Å²) in [4.78, 5) is 25.7. The highest BCUT2D eigenvalue weighted by molar-refractivity contribution is 6.12. The number of nitro groups is 1. The molecule has 0 fully saturated rings. The van der Waals surface area contributed by atoms with Crippen molar-refractivity contribution < 1.29 is 9.72 Å². The Kier molecular flexibility index (Phi) is 6.54. The minimum absolute atomic E-state index is 0.00334. The highest BCUT2D eigenvalue weighted by Gasteiger charge is 2.32. The van der Waals surface area contributed by atoms with Crippen molar-refractivity contribution in [3.8, 4) is 0 Å².